The molecule has 2 aromatic carbocycles. The minimum Gasteiger partial charge on any atom is -0.507 e. The molecule has 1 heterocycles. The molecule has 1 aliphatic rings. The fourth-order valence-corrected chi connectivity index (χ4v) is 4.49. The second-order valence-electron chi connectivity index (χ2n) is 8.07. The van der Waals surface area contributed by atoms with Gasteiger partial charge in [-0.05, 0) is 48.3 Å². The van der Waals surface area contributed by atoms with E-state index in [0.29, 0.717) is 23.7 Å². The number of hydrogen-bond donors (Lipinski definition) is 1. The largest absolute Gasteiger partial charge is 0.507 e. The summed E-state index contributed by atoms with van der Waals surface area (Å²) in [6.07, 6.45) is 4.35. The molecule has 0 aliphatic heterocycles. The summed E-state index contributed by atoms with van der Waals surface area (Å²) in [7, 11) is 0. The van der Waals surface area contributed by atoms with Crippen LogP contribution in [0.25, 0.3) is 0 Å². The maximum atomic E-state index is 12.9. The predicted octanol–water partition coefficient (Wildman–Crippen LogP) is 5.92. The molecule has 3 heteroatoms. The Labute approximate surface area is 172 Å². The van der Waals surface area contributed by atoms with E-state index in [1.807, 2.05) is 36.4 Å². The first-order chi connectivity index (χ1) is 14.1. The van der Waals surface area contributed by atoms with Gasteiger partial charge < -0.3 is 9.52 Å². The predicted molar refractivity (Wildman–Crippen MR) is 116 cm³/mol. The molecule has 0 amide bonds. The topological polar surface area (TPSA) is 50.4 Å². The van der Waals surface area contributed by atoms with E-state index in [-0.39, 0.29) is 5.75 Å². The molecule has 1 aliphatic carbocycles. The summed E-state index contributed by atoms with van der Waals surface area (Å²) in [5.74, 6) is 1.16. The summed E-state index contributed by atoms with van der Waals surface area (Å²) in [5, 5.41) is 10.8. The summed E-state index contributed by atoms with van der Waals surface area (Å²) in [5.41, 5.74) is 2.97. The number of rotatable bonds is 7. The molecule has 29 heavy (non-hydrogen) atoms. The van der Waals surface area contributed by atoms with Crippen molar-refractivity contribution in [3.05, 3.63) is 99.1 Å². The van der Waals surface area contributed by atoms with E-state index in [2.05, 4.69) is 32.0 Å². The minimum atomic E-state index is -0.437. The van der Waals surface area contributed by atoms with Crippen molar-refractivity contribution >= 4 is 0 Å². The van der Waals surface area contributed by atoms with E-state index < -0.39 is 11.0 Å². The third-order valence-electron chi connectivity index (χ3n) is 6.47. The molecule has 1 fully saturated rings. The summed E-state index contributed by atoms with van der Waals surface area (Å²) in [6.45, 7) is 4.18. The van der Waals surface area contributed by atoms with Crippen LogP contribution < -0.4 is 5.63 Å². The highest BCUT2D eigenvalue weighted by Crippen LogP contribution is 2.43. The number of benzene rings is 2. The van der Waals surface area contributed by atoms with Crippen molar-refractivity contribution in [3.8, 4) is 5.75 Å². The molecule has 1 saturated carbocycles. The smallest absolute Gasteiger partial charge is 0.343 e. The van der Waals surface area contributed by atoms with Gasteiger partial charge in [0, 0.05) is 12.5 Å². The van der Waals surface area contributed by atoms with Crippen LogP contribution in [-0.4, -0.2) is 5.11 Å². The Hall–Kier alpha value is -2.81. The van der Waals surface area contributed by atoms with Gasteiger partial charge in [0.25, 0.3) is 0 Å². The first-order valence-electron chi connectivity index (χ1n) is 10.6. The van der Waals surface area contributed by atoms with Crippen molar-refractivity contribution in [2.24, 2.45) is 0 Å². The van der Waals surface area contributed by atoms with Gasteiger partial charge in [-0.15, -0.1) is 0 Å². The van der Waals surface area contributed by atoms with Gasteiger partial charge in [0.15, 0.2) is 0 Å². The number of aromatic hydroxyl groups is 1. The standard InChI is InChI=1S/C26H28O3/c1-3-26(4-2,20-11-6-5-7-12-20)24-17-23(27)22(25(28)29-24)16-19-10-8-9-13-21(19)18-14-15-18/h5-13,17-18,27H,3-4,14-16H2,1-2H3. The van der Waals surface area contributed by atoms with Crippen LogP contribution in [0.3, 0.4) is 0 Å². The normalized spacial score (nSPS) is 14.1. The fourth-order valence-electron chi connectivity index (χ4n) is 4.49. The third-order valence-corrected chi connectivity index (χ3v) is 6.47. The second-order valence-corrected chi connectivity index (χ2v) is 8.07. The first kappa shape index (κ1) is 19.5. The van der Waals surface area contributed by atoms with Crippen LogP contribution in [0.4, 0.5) is 0 Å². The van der Waals surface area contributed by atoms with Crippen LogP contribution in [0, 0.1) is 0 Å². The molecule has 0 bridgehead atoms. The van der Waals surface area contributed by atoms with E-state index in [1.54, 1.807) is 6.07 Å². The van der Waals surface area contributed by atoms with Crippen molar-refractivity contribution in [3.63, 3.8) is 0 Å². The van der Waals surface area contributed by atoms with Crippen molar-refractivity contribution in [2.75, 3.05) is 0 Å². The zero-order valence-corrected chi connectivity index (χ0v) is 17.2. The lowest BCUT2D eigenvalue weighted by Crippen LogP contribution is -2.28. The summed E-state index contributed by atoms with van der Waals surface area (Å²) in [6, 6.07) is 20.0. The lowest BCUT2D eigenvalue weighted by Gasteiger charge is -2.31. The highest BCUT2D eigenvalue weighted by atomic mass is 16.4. The Morgan fingerprint density at radius 3 is 2.28 bits per heavy atom. The molecule has 3 nitrogen and oxygen atoms in total. The second kappa shape index (κ2) is 7.90. The quantitative estimate of drug-likeness (QED) is 0.546. The Kier molecular flexibility index (Phi) is 5.31. The molecule has 0 unspecified atom stereocenters. The van der Waals surface area contributed by atoms with Crippen molar-refractivity contribution < 1.29 is 9.52 Å². The molecular weight excluding hydrogens is 360 g/mol. The zero-order chi connectivity index (χ0) is 20.4. The average Bonchev–Trinajstić information content (AvgIpc) is 3.58. The molecular formula is C26H28O3. The lowest BCUT2D eigenvalue weighted by molar-refractivity contribution is 0.329. The summed E-state index contributed by atoms with van der Waals surface area (Å²) in [4.78, 5) is 12.9. The zero-order valence-electron chi connectivity index (χ0n) is 17.2. The Bertz CT molecular complexity index is 1040. The van der Waals surface area contributed by atoms with Crippen LogP contribution in [0.15, 0.2) is 69.9 Å². The van der Waals surface area contributed by atoms with E-state index in [9.17, 15) is 9.90 Å². The molecule has 4 rings (SSSR count). The van der Waals surface area contributed by atoms with Gasteiger partial charge in [0.05, 0.1) is 11.0 Å². The van der Waals surface area contributed by atoms with Crippen molar-refractivity contribution in [1.82, 2.24) is 0 Å². The van der Waals surface area contributed by atoms with Crippen molar-refractivity contribution in [2.45, 2.75) is 57.3 Å². The molecule has 150 valence electrons. The van der Waals surface area contributed by atoms with Gasteiger partial charge in [-0.25, -0.2) is 4.79 Å². The maximum absolute atomic E-state index is 12.9. The molecule has 1 N–H and O–H groups in total. The van der Waals surface area contributed by atoms with E-state index in [0.717, 1.165) is 24.0 Å². The van der Waals surface area contributed by atoms with E-state index in [1.165, 1.54) is 18.4 Å². The van der Waals surface area contributed by atoms with Crippen molar-refractivity contribution in [1.29, 1.82) is 0 Å². The van der Waals surface area contributed by atoms with Gasteiger partial charge >= 0.3 is 5.63 Å². The molecule has 3 aromatic rings. The Morgan fingerprint density at radius 1 is 1.00 bits per heavy atom. The van der Waals surface area contributed by atoms with Gasteiger partial charge in [-0.1, -0.05) is 68.4 Å². The van der Waals surface area contributed by atoms with Gasteiger partial charge in [0.2, 0.25) is 0 Å². The Balaban J connectivity index is 1.75. The van der Waals surface area contributed by atoms with E-state index >= 15 is 0 Å². The maximum Gasteiger partial charge on any atom is 0.343 e. The molecule has 0 radical (unpaired) electrons. The minimum absolute atomic E-state index is 0.0315. The molecule has 0 spiro atoms. The molecule has 1 aromatic heterocycles. The third kappa shape index (κ3) is 3.62. The lowest BCUT2D eigenvalue weighted by atomic mass is 9.73. The van der Waals surface area contributed by atoms with Gasteiger partial charge in [-0.3, -0.25) is 0 Å². The van der Waals surface area contributed by atoms with Gasteiger partial charge in [-0.2, -0.15) is 0 Å². The van der Waals surface area contributed by atoms with Crippen LogP contribution in [0.1, 0.15) is 73.5 Å². The SMILES string of the molecule is CCC(CC)(c1ccccc1)c1cc(O)c(Cc2ccccc2C2CC2)c(=O)o1. The highest BCUT2D eigenvalue weighted by molar-refractivity contribution is 5.43. The highest BCUT2D eigenvalue weighted by Gasteiger charge is 2.35. The van der Waals surface area contributed by atoms with Crippen LogP contribution >= 0.6 is 0 Å². The van der Waals surface area contributed by atoms with Crippen LogP contribution in [0.5, 0.6) is 5.75 Å². The Morgan fingerprint density at radius 2 is 1.66 bits per heavy atom. The van der Waals surface area contributed by atoms with E-state index in [4.69, 9.17) is 4.42 Å². The molecule has 0 atom stereocenters. The van der Waals surface area contributed by atoms with Crippen LogP contribution in [0.2, 0.25) is 0 Å². The molecule has 0 saturated heterocycles. The summed E-state index contributed by atoms with van der Waals surface area (Å²) >= 11 is 0. The average molecular weight is 389 g/mol. The first-order valence-corrected chi connectivity index (χ1v) is 10.6. The fraction of sp³-hybridized carbons (Fsp3) is 0.346. The summed E-state index contributed by atoms with van der Waals surface area (Å²) < 4.78 is 5.86. The number of hydrogen-bond acceptors (Lipinski definition) is 3. The monoisotopic (exact) mass is 388 g/mol. The van der Waals surface area contributed by atoms with Gasteiger partial charge in [0.1, 0.15) is 11.5 Å². The van der Waals surface area contributed by atoms with Crippen LogP contribution in [-0.2, 0) is 11.8 Å².